The number of carbonyl (C=O) groups excluding carboxylic acids is 2. The van der Waals surface area contributed by atoms with Gasteiger partial charge >= 0.3 is 12.1 Å². The van der Waals surface area contributed by atoms with Crippen molar-refractivity contribution in [1.29, 1.82) is 0 Å². The highest BCUT2D eigenvalue weighted by molar-refractivity contribution is 5.79. The summed E-state index contributed by atoms with van der Waals surface area (Å²) in [7, 11) is 0. The van der Waals surface area contributed by atoms with Crippen molar-refractivity contribution in [1.82, 2.24) is 4.90 Å². The third kappa shape index (κ3) is 4.75. The van der Waals surface area contributed by atoms with E-state index in [0.717, 1.165) is 11.1 Å². The molecule has 33 heavy (non-hydrogen) atoms. The van der Waals surface area contributed by atoms with E-state index < -0.39 is 29.3 Å². The quantitative estimate of drug-likeness (QED) is 0.689. The number of hydrogen-bond donors (Lipinski definition) is 2. The van der Waals surface area contributed by atoms with Crippen LogP contribution in [0.5, 0.6) is 0 Å². The van der Waals surface area contributed by atoms with Gasteiger partial charge in [0.2, 0.25) is 0 Å². The molecule has 3 N–H and O–H groups in total. The molecule has 1 unspecified atom stereocenters. The van der Waals surface area contributed by atoms with Gasteiger partial charge in [-0.05, 0) is 55.9 Å². The Labute approximate surface area is 194 Å². The molecule has 2 aromatic rings. The first kappa shape index (κ1) is 23.3. The summed E-state index contributed by atoms with van der Waals surface area (Å²) in [6, 6.07) is 15.2. The average Bonchev–Trinajstić information content (AvgIpc) is 3.10. The number of nitrogens with two attached hydrogens (primary N) is 1. The number of ether oxygens (including phenoxy) is 2. The van der Waals surface area contributed by atoms with Gasteiger partial charge in [-0.2, -0.15) is 0 Å². The molecule has 0 spiro atoms. The van der Waals surface area contributed by atoms with Crippen molar-refractivity contribution in [2.75, 3.05) is 19.7 Å². The second kappa shape index (κ2) is 8.80. The Hall–Kier alpha value is -2.90. The van der Waals surface area contributed by atoms with Crippen LogP contribution in [0.4, 0.5) is 4.79 Å². The number of nitrogens with zero attached hydrogens (tertiary/aromatic N) is 1. The lowest BCUT2D eigenvalue weighted by atomic mass is 9.84. The van der Waals surface area contributed by atoms with Crippen LogP contribution in [0.2, 0.25) is 0 Å². The zero-order chi connectivity index (χ0) is 23.8. The number of likely N-dealkylation sites (tertiary alicyclic amines) is 1. The van der Waals surface area contributed by atoms with Gasteiger partial charge in [-0.1, -0.05) is 48.5 Å². The van der Waals surface area contributed by atoms with Crippen molar-refractivity contribution in [2.24, 2.45) is 5.73 Å². The number of fused-ring (bicyclic) bond motifs is 3. The lowest BCUT2D eigenvalue weighted by Crippen LogP contribution is -2.59. The number of aliphatic hydroxyl groups is 1. The highest BCUT2D eigenvalue weighted by atomic mass is 16.6. The molecule has 4 rings (SSSR count). The third-order valence-electron chi connectivity index (χ3n) is 6.46. The summed E-state index contributed by atoms with van der Waals surface area (Å²) in [5.41, 5.74) is 8.59. The normalized spacial score (nSPS) is 18.3. The predicted molar refractivity (Wildman–Crippen MR) is 125 cm³/mol. The smallest absolute Gasteiger partial charge is 0.409 e. The minimum Gasteiger partial charge on any atom is -0.459 e. The molecule has 1 aliphatic heterocycles. The maximum absolute atomic E-state index is 12.8. The molecule has 1 atom stereocenters. The molecule has 1 fully saturated rings. The topological polar surface area (TPSA) is 102 Å². The highest BCUT2D eigenvalue weighted by Gasteiger charge is 2.44. The van der Waals surface area contributed by atoms with Gasteiger partial charge in [-0.25, -0.2) is 4.79 Å². The minimum absolute atomic E-state index is 0.0105. The molecular weight excluding hydrogens is 420 g/mol. The Morgan fingerprint density at radius 3 is 2.09 bits per heavy atom. The zero-order valence-electron chi connectivity index (χ0n) is 19.4. The maximum Gasteiger partial charge on any atom is 0.409 e. The van der Waals surface area contributed by atoms with Crippen molar-refractivity contribution in [3.8, 4) is 11.1 Å². The van der Waals surface area contributed by atoms with Gasteiger partial charge in [0.25, 0.3) is 0 Å². The summed E-state index contributed by atoms with van der Waals surface area (Å²) in [4.78, 5) is 26.7. The number of carbonyl (C=O) groups is 2. The second-order valence-corrected chi connectivity index (χ2v) is 9.91. The van der Waals surface area contributed by atoms with Gasteiger partial charge in [0, 0.05) is 19.0 Å². The summed E-state index contributed by atoms with van der Waals surface area (Å²) in [6.07, 6.45) is -0.0698. The maximum atomic E-state index is 12.8. The highest BCUT2D eigenvalue weighted by Crippen LogP contribution is 2.44. The van der Waals surface area contributed by atoms with E-state index in [4.69, 9.17) is 15.2 Å². The van der Waals surface area contributed by atoms with Crippen LogP contribution < -0.4 is 5.73 Å². The fraction of sp³-hybridized carbons (Fsp3) is 0.462. The van der Waals surface area contributed by atoms with Crippen molar-refractivity contribution >= 4 is 12.1 Å². The molecule has 0 saturated carbocycles. The van der Waals surface area contributed by atoms with Gasteiger partial charge in [-0.15, -0.1) is 0 Å². The van der Waals surface area contributed by atoms with Gasteiger partial charge in [-0.3, -0.25) is 4.79 Å². The van der Waals surface area contributed by atoms with Gasteiger partial charge in [0.1, 0.15) is 18.2 Å². The van der Waals surface area contributed by atoms with Crippen molar-refractivity contribution in [3.05, 3.63) is 59.7 Å². The van der Waals surface area contributed by atoms with E-state index in [9.17, 15) is 14.7 Å². The number of esters is 1. The summed E-state index contributed by atoms with van der Waals surface area (Å²) >= 11 is 0. The number of benzene rings is 2. The summed E-state index contributed by atoms with van der Waals surface area (Å²) in [6.45, 7) is 6.00. The van der Waals surface area contributed by atoms with Crippen LogP contribution in [-0.2, 0) is 14.3 Å². The fourth-order valence-electron chi connectivity index (χ4n) is 4.66. The Balaban J connectivity index is 1.35. The summed E-state index contributed by atoms with van der Waals surface area (Å²) in [5.74, 6) is -0.650. The molecule has 7 nitrogen and oxygen atoms in total. The molecule has 0 radical (unpaired) electrons. The lowest BCUT2D eigenvalue weighted by molar-refractivity contribution is -0.165. The lowest BCUT2D eigenvalue weighted by Gasteiger charge is -2.40. The molecule has 1 saturated heterocycles. The van der Waals surface area contributed by atoms with Crippen LogP contribution >= 0.6 is 0 Å². The first-order valence-electron chi connectivity index (χ1n) is 11.4. The van der Waals surface area contributed by atoms with Crippen LogP contribution in [-0.4, -0.2) is 59.0 Å². The predicted octanol–water partition coefficient (Wildman–Crippen LogP) is 3.43. The Bertz CT molecular complexity index is 991. The first-order valence-corrected chi connectivity index (χ1v) is 11.4. The molecule has 2 aromatic carbocycles. The van der Waals surface area contributed by atoms with E-state index in [1.165, 1.54) is 11.1 Å². The molecular formula is C26H32N2O5. The van der Waals surface area contributed by atoms with E-state index in [1.54, 1.807) is 25.7 Å². The van der Waals surface area contributed by atoms with Crippen molar-refractivity contribution < 1.29 is 24.2 Å². The number of piperidine rings is 1. The Kier molecular flexibility index (Phi) is 6.20. The first-order chi connectivity index (χ1) is 15.6. The summed E-state index contributed by atoms with van der Waals surface area (Å²) < 4.78 is 11.0. The molecule has 0 aromatic heterocycles. The Morgan fingerprint density at radius 1 is 1.06 bits per heavy atom. The van der Waals surface area contributed by atoms with Gasteiger partial charge in [0.05, 0.1) is 5.60 Å². The molecule has 176 valence electrons. The van der Waals surface area contributed by atoms with Crippen LogP contribution in [0.1, 0.15) is 50.7 Å². The number of rotatable bonds is 4. The SMILES string of the molecule is CC(C)(C)OC(=O)C(N)C1(O)CCN(C(=O)OCC2c3ccccc3-c3ccccc32)CC1. The van der Waals surface area contributed by atoms with Crippen LogP contribution in [0, 0.1) is 0 Å². The number of hydrogen-bond acceptors (Lipinski definition) is 6. The Morgan fingerprint density at radius 2 is 1.58 bits per heavy atom. The molecule has 1 amide bonds. The fourth-order valence-corrected chi connectivity index (χ4v) is 4.66. The standard InChI is InChI=1S/C26H32N2O5/c1-25(2,3)33-23(29)22(27)26(31)12-14-28(15-13-26)24(30)32-16-21-19-10-6-4-8-17(19)18-9-5-7-11-20(18)21/h4-11,21-22,31H,12-16,27H2,1-3H3. The minimum atomic E-state index is -1.41. The third-order valence-corrected chi connectivity index (χ3v) is 6.46. The largest absolute Gasteiger partial charge is 0.459 e. The van der Waals surface area contributed by atoms with Gasteiger partial charge in [0.15, 0.2) is 0 Å². The average molecular weight is 453 g/mol. The molecule has 1 heterocycles. The summed E-state index contributed by atoms with van der Waals surface area (Å²) in [5, 5.41) is 10.9. The van der Waals surface area contributed by atoms with Crippen LogP contribution in [0.15, 0.2) is 48.5 Å². The molecule has 2 aliphatic rings. The number of amides is 1. The van der Waals surface area contributed by atoms with E-state index in [-0.39, 0.29) is 38.5 Å². The second-order valence-electron chi connectivity index (χ2n) is 9.91. The monoisotopic (exact) mass is 452 g/mol. The van der Waals surface area contributed by atoms with Crippen LogP contribution in [0.3, 0.4) is 0 Å². The zero-order valence-corrected chi connectivity index (χ0v) is 19.4. The van der Waals surface area contributed by atoms with Crippen LogP contribution in [0.25, 0.3) is 11.1 Å². The van der Waals surface area contributed by atoms with E-state index in [2.05, 4.69) is 24.3 Å². The van der Waals surface area contributed by atoms with E-state index in [0.29, 0.717) is 0 Å². The van der Waals surface area contributed by atoms with E-state index in [1.807, 2.05) is 24.3 Å². The molecule has 7 heteroatoms. The van der Waals surface area contributed by atoms with Crippen molar-refractivity contribution in [3.63, 3.8) is 0 Å². The van der Waals surface area contributed by atoms with Gasteiger partial charge < -0.3 is 25.2 Å². The molecule has 1 aliphatic carbocycles. The molecule has 0 bridgehead atoms. The van der Waals surface area contributed by atoms with E-state index >= 15 is 0 Å². The van der Waals surface area contributed by atoms with Crippen molar-refractivity contribution in [2.45, 2.75) is 56.8 Å².